The van der Waals surface area contributed by atoms with Crippen LogP contribution in [0.15, 0.2) is 24.3 Å². The summed E-state index contributed by atoms with van der Waals surface area (Å²) in [6.07, 6.45) is 0.961. The molecule has 2 rings (SSSR count). The summed E-state index contributed by atoms with van der Waals surface area (Å²) in [5, 5.41) is 7.58. The standard InChI is InChI=1S/C15H22N4O/c1-3-16-15-18-13-9-6-5-8-12(13)14(19-15)17-10-7-11-20-4-2/h5-6,8-9H,3-4,7,10-11H2,1-2H3,(H2,16,17,18,19). The van der Waals surface area contributed by atoms with E-state index in [2.05, 4.69) is 20.6 Å². The maximum absolute atomic E-state index is 5.34. The zero-order valence-corrected chi connectivity index (χ0v) is 12.1. The first-order valence-corrected chi connectivity index (χ1v) is 7.17. The first-order valence-electron chi connectivity index (χ1n) is 7.17. The Labute approximate surface area is 119 Å². The van der Waals surface area contributed by atoms with Gasteiger partial charge < -0.3 is 15.4 Å². The minimum Gasteiger partial charge on any atom is -0.382 e. The molecule has 5 heteroatoms. The van der Waals surface area contributed by atoms with Crippen molar-refractivity contribution in [3.05, 3.63) is 24.3 Å². The van der Waals surface area contributed by atoms with E-state index in [1.165, 1.54) is 0 Å². The van der Waals surface area contributed by atoms with Gasteiger partial charge in [-0.1, -0.05) is 12.1 Å². The molecule has 2 aromatic rings. The fourth-order valence-corrected chi connectivity index (χ4v) is 1.97. The molecule has 0 saturated carbocycles. The number of aromatic nitrogens is 2. The number of fused-ring (bicyclic) bond motifs is 1. The second-order valence-corrected chi connectivity index (χ2v) is 4.42. The van der Waals surface area contributed by atoms with Crippen molar-refractivity contribution in [2.24, 2.45) is 0 Å². The van der Waals surface area contributed by atoms with Gasteiger partial charge in [-0.15, -0.1) is 0 Å². The molecule has 5 nitrogen and oxygen atoms in total. The van der Waals surface area contributed by atoms with Crippen LogP contribution in [0.2, 0.25) is 0 Å². The maximum Gasteiger partial charge on any atom is 0.225 e. The number of para-hydroxylation sites is 1. The van der Waals surface area contributed by atoms with Crippen molar-refractivity contribution in [2.45, 2.75) is 20.3 Å². The molecule has 108 valence electrons. The summed E-state index contributed by atoms with van der Waals surface area (Å²) in [7, 11) is 0. The smallest absolute Gasteiger partial charge is 0.225 e. The molecular weight excluding hydrogens is 252 g/mol. The molecule has 0 bridgehead atoms. The minimum atomic E-state index is 0.665. The molecule has 0 fully saturated rings. The average molecular weight is 274 g/mol. The summed E-state index contributed by atoms with van der Waals surface area (Å²) in [4.78, 5) is 9.03. The van der Waals surface area contributed by atoms with E-state index < -0.39 is 0 Å². The van der Waals surface area contributed by atoms with Crippen LogP contribution in [-0.2, 0) is 4.74 Å². The van der Waals surface area contributed by atoms with E-state index in [1.54, 1.807) is 0 Å². The number of rotatable bonds is 8. The lowest BCUT2D eigenvalue weighted by molar-refractivity contribution is 0.147. The van der Waals surface area contributed by atoms with Gasteiger partial charge >= 0.3 is 0 Å². The fraction of sp³-hybridized carbons (Fsp3) is 0.467. The highest BCUT2D eigenvalue weighted by molar-refractivity contribution is 5.89. The lowest BCUT2D eigenvalue weighted by Gasteiger charge is -2.11. The van der Waals surface area contributed by atoms with Crippen molar-refractivity contribution >= 4 is 22.7 Å². The molecule has 0 aliphatic heterocycles. The Kier molecular flexibility index (Phi) is 5.55. The quantitative estimate of drug-likeness (QED) is 0.725. The zero-order chi connectivity index (χ0) is 14.2. The van der Waals surface area contributed by atoms with Gasteiger partial charge in [0.25, 0.3) is 0 Å². The molecule has 0 unspecified atom stereocenters. The molecule has 1 aromatic heterocycles. The van der Waals surface area contributed by atoms with Gasteiger partial charge in [-0.25, -0.2) is 4.98 Å². The number of hydrogen-bond acceptors (Lipinski definition) is 5. The fourth-order valence-electron chi connectivity index (χ4n) is 1.97. The van der Waals surface area contributed by atoms with Gasteiger partial charge in [0.1, 0.15) is 5.82 Å². The largest absolute Gasteiger partial charge is 0.382 e. The summed E-state index contributed by atoms with van der Waals surface area (Å²) in [6, 6.07) is 8.03. The number of nitrogens with zero attached hydrogens (tertiary/aromatic N) is 2. The van der Waals surface area contributed by atoms with Crippen molar-refractivity contribution in [3.8, 4) is 0 Å². The van der Waals surface area contributed by atoms with E-state index in [4.69, 9.17) is 4.74 Å². The van der Waals surface area contributed by atoms with E-state index in [-0.39, 0.29) is 0 Å². The zero-order valence-electron chi connectivity index (χ0n) is 12.1. The molecule has 0 radical (unpaired) electrons. The number of ether oxygens (including phenoxy) is 1. The third-order valence-electron chi connectivity index (χ3n) is 2.90. The highest BCUT2D eigenvalue weighted by atomic mass is 16.5. The lowest BCUT2D eigenvalue weighted by atomic mass is 10.2. The third kappa shape index (κ3) is 3.81. The van der Waals surface area contributed by atoms with E-state index in [9.17, 15) is 0 Å². The molecular formula is C15H22N4O. The van der Waals surface area contributed by atoms with E-state index in [0.29, 0.717) is 5.95 Å². The van der Waals surface area contributed by atoms with Crippen molar-refractivity contribution in [1.82, 2.24) is 9.97 Å². The van der Waals surface area contributed by atoms with Crippen LogP contribution in [-0.4, -0.2) is 36.3 Å². The highest BCUT2D eigenvalue weighted by Crippen LogP contribution is 2.21. The number of anilines is 2. The van der Waals surface area contributed by atoms with Crippen LogP contribution < -0.4 is 10.6 Å². The van der Waals surface area contributed by atoms with Crippen LogP contribution in [0.25, 0.3) is 10.9 Å². The average Bonchev–Trinajstić information content (AvgIpc) is 2.47. The van der Waals surface area contributed by atoms with Crippen LogP contribution in [0.1, 0.15) is 20.3 Å². The highest BCUT2D eigenvalue weighted by Gasteiger charge is 2.06. The normalized spacial score (nSPS) is 10.7. The summed E-state index contributed by atoms with van der Waals surface area (Å²) in [6.45, 7) is 7.23. The van der Waals surface area contributed by atoms with Crippen LogP contribution in [0.3, 0.4) is 0 Å². The van der Waals surface area contributed by atoms with Crippen LogP contribution in [0.4, 0.5) is 11.8 Å². The van der Waals surface area contributed by atoms with E-state index in [1.807, 2.05) is 38.1 Å². The summed E-state index contributed by atoms with van der Waals surface area (Å²) in [5.74, 6) is 1.54. The van der Waals surface area contributed by atoms with Gasteiger partial charge in [0.15, 0.2) is 0 Å². The van der Waals surface area contributed by atoms with E-state index in [0.717, 1.165) is 49.4 Å². The molecule has 0 spiro atoms. The summed E-state index contributed by atoms with van der Waals surface area (Å²) >= 11 is 0. The summed E-state index contributed by atoms with van der Waals surface area (Å²) < 4.78 is 5.34. The molecule has 0 amide bonds. The third-order valence-corrected chi connectivity index (χ3v) is 2.90. The van der Waals surface area contributed by atoms with Crippen LogP contribution in [0, 0.1) is 0 Å². The molecule has 0 aliphatic rings. The second-order valence-electron chi connectivity index (χ2n) is 4.42. The Morgan fingerprint density at radius 2 is 1.95 bits per heavy atom. The van der Waals surface area contributed by atoms with Crippen LogP contribution in [0.5, 0.6) is 0 Å². The SMILES string of the molecule is CCNc1nc(NCCCOCC)c2ccccc2n1. The minimum absolute atomic E-state index is 0.665. The summed E-state index contributed by atoms with van der Waals surface area (Å²) in [5.41, 5.74) is 0.950. The predicted molar refractivity (Wildman–Crippen MR) is 83.3 cm³/mol. The first kappa shape index (κ1) is 14.5. The van der Waals surface area contributed by atoms with Gasteiger partial charge in [-0.3, -0.25) is 0 Å². The molecule has 2 N–H and O–H groups in total. The van der Waals surface area contributed by atoms with Crippen molar-refractivity contribution in [1.29, 1.82) is 0 Å². The molecule has 0 aliphatic carbocycles. The monoisotopic (exact) mass is 274 g/mol. The van der Waals surface area contributed by atoms with E-state index >= 15 is 0 Å². The number of nitrogens with one attached hydrogen (secondary N) is 2. The van der Waals surface area contributed by atoms with Crippen molar-refractivity contribution in [2.75, 3.05) is 36.9 Å². The van der Waals surface area contributed by atoms with Crippen molar-refractivity contribution in [3.63, 3.8) is 0 Å². The van der Waals surface area contributed by atoms with Crippen LogP contribution >= 0.6 is 0 Å². The molecule has 0 atom stereocenters. The van der Waals surface area contributed by atoms with Gasteiger partial charge in [0.05, 0.1) is 5.52 Å². The molecule has 20 heavy (non-hydrogen) atoms. The van der Waals surface area contributed by atoms with Gasteiger partial charge in [-0.05, 0) is 32.4 Å². The Morgan fingerprint density at radius 1 is 1.10 bits per heavy atom. The molecule has 1 aromatic carbocycles. The number of hydrogen-bond donors (Lipinski definition) is 2. The van der Waals surface area contributed by atoms with Crippen molar-refractivity contribution < 1.29 is 4.74 Å². The molecule has 1 heterocycles. The van der Waals surface area contributed by atoms with Gasteiger partial charge in [0, 0.05) is 31.7 Å². The second kappa shape index (κ2) is 7.65. The maximum atomic E-state index is 5.34. The Morgan fingerprint density at radius 3 is 2.75 bits per heavy atom. The topological polar surface area (TPSA) is 59.1 Å². The Bertz CT molecular complexity index is 544. The Hall–Kier alpha value is -1.88. The predicted octanol–water partition coefficient (Wildman–Crippen LogP) is 2.90. The number of benzene rings is 1. The van der Waals surface area contributed by atoms with Gasteiger partial charge in [0.2, 0.25) is 5.95 Å². The molecule has 0 saturated heterocycles. The van der Waals surface area contributed by atoms with Gasteiger partial charge in [-0.2, -0.15) is 4.98 Å². The Balaban J connectivity index is 2.12. The first-order chi connectivity index (χ1) is 9.85. The lowest BCUT2D eigenvalue weighted by Crippen LogP contribution is -2.10.